The van der Waals surface area contributed by atoms with Gasteiger partial charge in [-0.05, 0) is 47.5 Å². The number of primary amides is 1. The lowest BCUT2D eigenvalue weighted by Gasteiger charge is -2.17. The number of benzene rings is 2. The highest BCUT2D eigenvalue weighted by molar-refractivity contribution is 5.98. The van der Waals surface area contributed by atoms with E-state index >= 15 is 0 Å². The molecule has 0 unspecified atom stereocenters. The summed E-state index contributed by atoms with van der Waals surface area (Å²) in [6, 6.07) is 11.6. The number of aliphatic hydroxyl groups is 2. The van der Waals surface area contributed by atoms with E-state index in [4.69, 9.17) is 15.7 Å². The third kappa shape index (κ3) is 4.69. The minimum Gasteiger partial charge on any atom is -0.457 e. The van der Waals surface area contributed by atoms with Crippen LogP contribution in [0.15, 0.2) is 54.7 Å². The van der Waals surface area contributed by atoms with Gasteiger partial charge in [-0.15, -0.1) is 0 Å². The average Bonchev–Trinajstić information content (AvgIpc) is 2.78. The summed E-state index contributed by atoms with van der Waals surface area (Å²) in [4.78, 5) is 15.7. The molecule has 10 heteroatoms. The summed E-state index contributed by atoms with van der Waals surface area (Å²) in [5.41, 5.74) is 4.73. The van der Waals surface area contributed by atoms with Crippen molar-refractivity contribution in [1.29, 1.82) is 5.26 Å². The van der Waals surface area contributed by atoms with Crippen molar-refractivity contribution in [3.63, 3.8) is 0 Å². The largest absolute Gasteiger partial charge is 0.457 e. The number of hydrogen-bond acceptors (Lipinski definition) is 6. The monoisotopic (exact) mass is 443 g/mol. The van der Waals surface area contributed by atoms with Crippen LogP contribution in [0.4, 0.5) is 13.2 Å². The number of nitriles is 1. The topological polar surface area (TPSA) is 129 Å². The van der Waals surface area contributed by atoms with Crippen LogP contribution in [0.1, 0.15) is 33.3 Å². The number of amides is 1. The third-order valence-electron chi connectivity index (χ3n) is 4.53. The quantitative estimate of drug-likeness (QED) is 0.534. The normalized spacial score (nSPS) is 12.1. The van der Waals surface area contributed by atoms with Crippen molar-refractivity contribution in [1.82, 2.24) is 4.98 Å². The SMILES string of the molecule is N#Cc1ccc(Oc2ccc(-c3c([C@H](O)CO)ccnc3C(N)=O)cc2)c(C(F)(F)F)c1. The highest BCUT2D eigenvalue weighted by Crippen LogP contribution is 2.39. The average molecular weight is 443 g/mol. The molecule has 0 saturated carbocycles. The third-order valence-corrected chi connectivity index (χ3v) is 4.53. The molecule has 32 heavy (non-hydrogen) atoms. The summed E-state index contributed by atoms with van der Waals surface area (Å²) < 4.78 is 45.4. The standard InChI is InChI=1S/C22H16F3N3O4/c23-22(24,25)16-9-12(10-26)1-6-18(16)32-14-4-2-13(3-5-14)19-15(17(30)11-29)7-8-28-20(19)21(27)31/h1-9,17,29-30H,11H2,(H2,27,31)/t17-/m1/s1. The van der Waals surface area contributed by atoms with Crippen molar-refractivity contribution < 1.29 is 32.9 Å². The van der Waals surface area contributed by atoms with Crippen molar-refractivity contribution in [2.45, 2.75) is 12.3 Å². The smallest absolute Gasteiger partial charge is 0.420 e. The van der Waals surface area contributed by atoms with E-state index in [0.717, 1.165) is 6.07 Å². The van der Waals surface area contributed by atoms with Gasteiger partial charge in [0.1, 0.15) is 23.3 Å². The van der Waals surface area contributed by atoms with Gasteiger partial charge in [0.2, 0.25) is 0 Å². The lowest BCUT2D eigenvalue weighted by atomic mass is 9.95. The first-order chi connectivity index (χ1) is 15.2. The second kappa shape index (κ2) is 9.05. The zero-order valence-electron chi connectivity index (χ0n) is 16.3. The van der Waals surface area contributed by atoms with Gasteiger partial charge in [0.25, 0.3) is 5.91 Å². The molecule has 1 heterocycles. The van der Waals surface area contributed by atoms with Crippen molar-refractivity contribution in [2.75, 3.05) is 6.61 Å². The van der Waals surface area contributed by atoms with Crippen molar-refractivity contribution in [3.05, 3.63) is 77.1 Å². The molecule has 1 atom stereocenters. The van der Waals surface area contributed by atoms with Crippen LogP contribution >= 0.6 is 0 Å². The highest BCUT2D eigenvalue weighted by Gasteiger charge is 2.35. The summed E-state index contributed by atoms with van der Waals surface area (Å²) in [5.74, 6) is -1.29. The van der Waals surface area contributed by atoms with Gasteiger partial charge in [-0.1, -0.05) is 12.1 Å². The van der Waals surface area contributed by atoms with E-state index in [0.29, 0.717) is 11.6 Å². The Bertz CT molecular complexity index is 1190. The Kier molecular flexibility index (Phi) is 6.43. The molecule has 2 aromatic carbocycles. The zero-order chi connectivity index (χ0) is 23.5. The van der Waals surface area contributed by atoms with Crippen LogP contribution in [0, 0.1) is 11.3 Å². The molecule has 0 fully saturated rings. The molecule has 1 aromatic heterocycles. The van der Waals surface area contributed by atoms with Crippen LogP contribution < -0.4 is 10.5 Å². The minimum atomic E-state index is -4.73. The number of nitrogens with two attached hydrogens (primary N) is 1. The zero-order valence-corrected chi connectivity index (χ0v) is 16.3. The predicted molar refractivity (Wildman–Crippen MR) is 106 cm³/mol. The molecule has 3 rings (SSSR count). The number of aromatic nitrogens is 1. The fraction of sp³-hybridized carbons (Fsp3) is 0.136. The Labute approximate surface area is 180 Å². The molecule has 4 N–H and O–H groups in total. The highest BCUT2D eigenvalue weighted by atomic mass is 19.4. The molecule has 1 amide bonds. The van der Waals surface area contributed by atoms with Crippen LogP contribution in [-0.2, 0) is 6.18 Å². The Morgan fingerprint density at radius 3 is 2.44 bits per heavy atom. The van der Waals surface area contributed by atoms with Crippen molar-refractivity contribution >= 4 is 5.91 Å². The molecule has 3 aromatic rings. The van der Waals surface area contributed by atoms with Gasteiger partial charge in [0.15, 0.2) is 0 Å². The molecule has 0 aliphatic heterocycles. The Morgan fingerprint density at radius 2 is 1.88 bits per heavy atom. The maximum Gasteiger partial charge on any atom is 0.420 e. The van der Waals surface area contributed by atoms with Gasteiger partial charge < -0.3 is 20.7 Å². The number of carbonyl (C=O) groups excluding carboxylic acids is 1. The van der Waals surface area contributed by atoms with E-state index < -0.39 is 36.1 Å². The number of aliphatic hydroxyl groups excluding tert-OH is 2. The second-order valence-corrected chi connectivity index (χ2v) is 6.63. The molecule has 0 bridgehead atoms. The summed E-state index contributed by atoms with van der Waals surface area (Å²) in [7, 11) is 0. The van der Waals surface area contributed by atoms with E-state index in [9.17, 15) is 28.2 Å². The van der Waals surface area contributed by atoms with Crippen LogP contribution in [0.5, 0.6) is 11.5 Å². The summed E-state index contributed by atoms with van der Waals surface area (Å²) in [5, 5.41) is 28.3. The number of rotatable bonds is 6. The fourth-order valence-corrected chi connectivity index (χ4v) is 3.07. The minimum absolute atomic E-state index is 0.0535. The van der Waals surface area contributed by atoms with Crippen molar-refractivity contribution in [3.8, 4) is 28.7 Å². The Balaban J connectivity index is 2.01. The van der Waals surface area contributed by atoms with Crippen LogP contribution in [0.3, 0.4) is 0 Å². The van der Waals surface area contributed by atoms with Crippen LogP contribution in [0.2, 0.25) is 0 Å². The molecule has 0 spiro atoms. The number of alkyl halides is 3. The summed E-state index contributed by atoms with van der Waals surface area (Å²) >= 11 is 0. The lowest BCUT2D eigenvalue weighted by molar-refractivity contribution is -0.138. The van der Waals surface area contributed by atoms with Crippen LogP contribution in [0.25, 0.3) is 11.1 Å². The summed E-state index contributed by atoms with van der Waals surface area (Å²) in [6.45, 7) is -0.616. The molecular weight excluding hydrogens is 427 g/mol. The van der Waals surface area contributed by atoms with E-state index in [1.54, 1.807) is 6.07 Å². The van der Waals surface area contributed by atoms with Gasteiger partial charge in [0, 0.05) is 11.8 Å². The van der Waals surface area contributed by atoms with Gasteiger partial charge >= 0.3 is 6.18 Å². The van der Waals surface area contributed by atoms with E-state index in [1.165, 1.54) is 42.6 Å². The van der Waals surface area contributed by atoms with Crippen molar-refractivity contribution in [2.24, 2.45) is 5.73 Å². The second-order valence-electron chi connectivity index (χ2n) is 6.63. The van der Waals surface area contributed by atoms with Gasteiger partial charge in [-0.3, -0.25) is 9.78 Å². The number of halogens is 3. The maximum atomic E-state index is 13.3. The van der Waals surface area contributed by atoms with E-state index in [2.05, 4.69) is 4.98 Å². The van der Waals surface area contributed by atoms with E-state index in [-0.39, 0.29) is 28.1 Å². The number of hydrogen-bond donors (Lipinski definition) is 3. The van der Waals surface area contributed by atoms with Gasteiger partial charge in [0.05, 0.1) is 23.8 Å². The molecule has 0 saturated heterocycles. The molecule has 0 aliphatic rings. The first-order valence-corrected chi connectivity index (χ1v) is 9.13. The van der Waals surface area contributed by atoms with Gasteiger partial charge in [-0.25, -0.2) is 0 Å². The Morgan fingerprint density at radius 1 is 1.19 bits per heavy atom. The first kappa shape index (κ1) is 22.7. The molecular formula is C22H16F3N3O4. The maximum absolute atomic E-state index is 13.3. The lowest BCUT2D eigenvalue weighted by Crippen LogP contribution is -2.17. The number of nitrogens with zero attached hydrogens (tertiary/aromatic N) is 2. The first-order valence-electron chi connectivity index (χ1n) is 9.13. The molecule has 164 valence electrons. The number of ether oxygens (including phenoxy) is 1. The molecule has 7 nitrogen and oxygen atoms in total. The predicted octanol–water partition coefficient (Wildman–Crippen LogP) is 3.56. The van der Waals surface area contributed by atoms with Gasteiger partial charge in [-0.2, -0.15) is 18.4 Å². The summed E-state index contributed by atoms with van der Waals surface area (Å²) in [6.07, 6.45) is -4.78. The molecule has 0 aliphatic carbocycles. The Hall–Kier alpha value is -3.94. The van der Waals surface area contributed by atoms with Crippen LogP contribution in [-0.4, -0.2) is 27.7 Å². The number of pyridine rings is 1. The fourth-order valence-electron chi connectivity index (χ4n) is 3.07. The van der Waals surface area contributed by atoms with E-state index in [1.807, 2.05) is 0 Å². The number of carbonyl (C=O) groups is 1. The molecule has 0 radical (unpaired) electrons.